The molecule has 2 aromatic rings. The highest BCUT2D eigenvalue weighted by Crippen LogP contribution is 2.39. The van der Waals surface area contributed by atoms with Crippen molar-refractivity contribution in [1.82, 2.24) is 0 Å². The van der Waals surface area contributed by atoms with E-state index in [0.717, 1.165) is 5.56 Å². The van der Waals surface area contributed by atoms with Gasteiger partial charge in [-0.05, 0) is 42.5 Å². The molecule has 2 aromatic carbocycles. The van der Waals surface area contributed by atoms with Crippen LogP contribution in [0.3, 0.4) is 0 Å². The molecule has 0 N–H and O–H groups in total. The molecule has 172 valence electrons. The third kappa shape index (κ3) is 5.41. The first-order valence-corrected chi connectivity index (χ1v) is 10.0. The van der Waals surface area contributed by atoms with Crippen molar-refractivity contribution < 1.29 is 35.5 Å². The molecule has 0 aliphatic carbocycles. The minimum atomic E-state index is -5.12. The van der Waals surface area contributed by atoms with E-state index in [9.17, 15) is 30.7 Å². The number of hydrogen-bond acceptors (Lipinski definition) is 1. The number of benzene rings is 2. The van der Waals surface area contributed by atoms with Gasteiger partial charge in [-0.25, -0.2) is 17.6 Å². The molecule has 0 amide bonds. The Balaban J connectivity index is 1.67. The molecule has 0 spiro atoms. The second kappa shape index (κ2) is 9.90. The van der Waals surface area contributed by atoms with E-state index < -0.39 is 41.1 Å². The van der Waals surface area contributed by atoms with Crippen LogP contribution in [0.25, 0.3) is 5.83 Å². The number of hydrogen-bond donors (Lipinski definition) is 0. The van der Waals surface area contributed by atoms with E-state index in [2.05, 4.69) is 6.58 Å². The fraction of sp³-hybridized carbons (Fsp3) is 0.333. The van der Waals surface area contributed by atoms with Crippen LogP contribution in [0.15, 0.2) is 54.9 Å². The van der Waals surface area contributed by atoms with Gasteiger partial charge in [-0.2, -0.15) is 13.2 Å². The summed E-state index contributed by atoms with van der Waals surface area (Å²) in [5.41, 5.74) is -0.988. The van der Waals surface area contributed by atoms with Gasteiger partial charge in [0.05, 0.1) is 12.7 Å². The summed E-state index contributed by atoms with van der Waals surface area (Å²) in [5, 5.41) is 0. The molecular weight excluding hydrogens is 437 g/mol. The fourth-order valence-electron chi connectivity index (χ4n) is 3.72. The molecule has 0 saturated carbocycles. The van der Waals surface area contributed by atoms with Crippen LogP contribution in [-0.2, 0) is 10.9 Å². The van der Waals surface area contributed by atoms with E-state index in [1.807, 2.05) is 0 Å². The van der Waals surface area contributed by atoms with Crippen LogP contribution in [0.1, 0.15) is 60.0 Å². The van der Waals surface area contributed by atoms with Crippen LogP contribution in [-0.4, -0.2) is 6.61 Å². The van der Waals surface area contributed by atoms with Gasteiger partial charge in [-0.15, -0.1) is 6.58 Å². The third-order valence-corrected chi connectivity index (χ3v) is 5.44. The highest BCUT2D eigenvalue weighted by Gasteiger charge is 2.38. The molecule has 0 aromatic heterocycles. The van der Waals surface area contributed by atoms with E-state index in [-0.39, 0.29) is 30.1 Å². The van der Waals surface area contributed by atoms with Crippen LogP contribution in [0.4, 0.5) is 30.7 Å². The van der Waals surface area contributed by atoms with Crippen LogP contribution in [0.2, 0.25) is 0 Å². The minimum Gasteiger partial charge on any atom is -0.373 e. The zero-order chi connectivity index (χ0) is 23.5. The summed E-state index contributed by atoms with van der Waals surface area (Å²) in [5.74, 6) is -5.22. The van der Waals surface area contributed by atoms with Crippen LogP contribution in [0.5, 0.6) is 0 Å². The highest BCUT2D eigenvalue weighted by atomic mass is 19.4. The summed E-state index contributed by atoms with van der Waals surface area (Å²) in [7, 11) is 0. The average molecular weight is 458 g/mol. The maximum absolute atomic E-state index is 14.1. The van der Waals surface area contributed by atoms with Crippen LogP contribution < -0.4 is 0 Å². The molecule has 1 aliphatic rings. The molecule has 1 aliphatic heterocycles. The lowest BCUT2D eigenvalue weighted by Crippen LogP contribution is -2.20. The second-order valence-corrected chi connectivity index (χ2v) is 7.62. The van der Waals surface area contributed by atoms with Crippen molar-refractivity contribution in [3.63, 3.8) is 0 Å². The first-order valence-electron chi connectivity index (χ1n) is 10.0. The maximum atomic E-state index is 14.1. The normalized spacial score (nSPS) is 20.1. The Labute approximate surface area is 181 Å². The van der Waals surface area contributed by atoms with Gasteiger partial charge in [0.15, 0.2) is 5.83 Å². The molecule has 2 unspecified atom stereocenters. The number of rotatable bonds is 6. The Morgan fingerprint density at radius 1 is 1.00 bits per heavy atom. The fourth-order valence-corrected chi connectivity index (χ4v) is 3.72. The summed E-state index contributed by atoms with van der Waals surface area (Å²) < 4.78 is 99.5. The lowest BCUT2D eigenvalue weighted by Gasteiger charge is -2.30. The standard InChI is InChI=1S/C24H21F7O/c1-2-3-4-18(25)23(28)15-7-5-14(6-8-15)16-9-10-21(32-13-16)17-11-19(26)22(20(27)12-17)24(29,30)31/h2,5-8,11-12,16,21H,1,3-4,9-10,13H2/b23-18+. The van der Waals surface area contributed by atoms with Crippen molar-refractivity contribution in [3.8, 4) is 0 Å². The zero-order valence-corrected chi connectivity index (χ0v) is 17.0. The van der Waals surface area contributed by atoms with Gasteiger partial charge in [-0.1, -0.05) is 30.3 Å². The van der Waals surface area contributed by atoms with Crippen LogP contribution >= 0.6 is 0 Å². The Bertz CT molecular complexity index is 961. The maximum Gasteiger partial charge on any atom is 0.422 e. The van der Waals surface area contributed by atoms with Crippen molar-refractivity contribution in [2.75, 3.05) is 6.61 Å². The van der Waals surface area contributed by atoms with Gasteiger partial charge < -0.3 is 4.74 Å². The van der Waals surface area contributed by atoms with Gasteiger partial charge in [0.25, 0.3) is 0 Å². The van der Waals surface area contributed by atoms with E-state index >= 15 is 0 Å². The van der Waals surface area contributed by atoms with Gasteiger partial charge in [0.2, 0.25) is 0 Å². The topological polar surface area (TPSA) is 9.23 Å². The summed E-state index contributed by atoms with van der Waals surface area (Å²) in [4.78, 5) is 0. The lowest BCUT2D eigenvalue weighted by atomic mass is 9.88. The van der Waals surface area contributed by atoms with E-state index in [4.69, 9.17) is 4.74 Å². The minimum absolute atomic E-state index is 0.00371. The molecule has 3 rings (SSSR count). The van der Waals surface area contributed by atoms with E-state index in [1.165, 1.54) is 18.2 Å². The summed E-state index contributed by atoms with van der Waals surface area (Å²) in [6.45, 7) is 3.64. The van der Waals surface area contributed by atoms with Gasteiger partial charge in [-0.3, -0.25) is 0 Å². The van der Waals surface area contributed by atoms with Gasteiger partial charge in [0, 0.05) is 17.9 Å². The molecule has 1 saturated heterocycles. The number of ether oxygens (including phenoxy) is 1. The predicted octanol–water partition coefficient (Wildman–Crippen LogP) is 8.19. The number of allylic oxidation sites excluding steroid dienone is 2. The number of halogens is 7. The Hall–Kier alpha value is -2.61. The van der Waals surface area contributed by atoms with E-state index in [1.54, 1.807) is 12.1 Å². The summed E-state index contributed by atoms with van der Waals surface area (Å²) in [6.07, 6.45) is -3.23. The smallest absolute Gasteiger partial charge is 0.373 e. The first-order chi connectivity index (χ1) is 15.1. The van der Waals surface area contributed by atoms with E-state index in [0.29, 0.717) is 31.4 Å². The Morgan fingerprint density at radius 3 is 2.12 bits per heavy atom. The third-order valence-electron chi connectivity index (χ3n) is 5.44. The van der Waals surface area contributed by atoms with Crippen LogP contribution in [0, 0.1) is 11.6 Å². The Morgan fingerprint density at radius 2 is 1.62 bits per heavy atom. The van der Waals surface area contributed by atoms with Gasteiger partial charge in [0.1, 0.15) is 23.0 Å². The molecule has 1 heterocycles. The van der Waals surface area contributed by atoms with Crippen molar-refractivity contribution in [3.05, 3.63) is 88.8 Å². The van der Waals surface area contributed by atoms with Crippen molar-refractivity contribution in [2.24, 2.45) is 0 Å². The average Bonchev–Trinajstić information content (AvgIpc) is 2.75. The molecule has 32 heavy (non-hydrogen) atoms. The molecular formula is C24H21F7O. The van der Waals surface area contributed by atoms with Crippen molar-refractivity contribution in [1.29, 1.82) is 0 Å². The SMILES string of the molecule is C=CCC/C(F)=C(\F)c1ccc(C2CCC(c3cc(F)c(C(F)(F)F)c(F)c3)OC2)cc1. The monoisotopic (exact) mass is 458 g/mol. The molecule has 1 nitrogen and oxygen atoms in total. The largest absolute Gasteiger partial charge is 0.422 e. The van der Waals surface area contributed by atoms with Gasteiger partial charge >= 0.3 is 6.18 Å². The molecule has 8 heteroatoms. The van der Waals surface area contributed by atoms with Crippen molar-refractivity contribution >= 4 is 5.83 Å². The summed E-state index contributed by atoms with van der Waals surface area (Å²) >= 11 is 0. The second-order valence-electron chi connectivity index (χ2n) is 7.62. The molecule has 0 radical (unpaired) electrons. The predicted molar refractivity (Wildman–Crippen MR) is 107 cm³/mol. The summed E-state index contributed by atoms with van der Waals surface area (Å²) in [6, 6.07) is 7.54. The molecule has 1 fully saturated rings. The first kappa shape index (κ1) is 24.0. The number of alkyl halides is 3. The quantitative estimate of drug-likeness (QED) is 0.313. The molecule has 0 bridgehead atoms. The van der Waals surface area contributed by atoms with Crippen molar-refractivity contribution in [2.45, 2.75) is 43.9 Å². The zero-order valence-electron chi connectivity index (χ0n) is 17.0. The molecule has 2 atom stereocenters. The lowest BCUT2D eigenvalue weighted by molar-refractivity contribution is -0.142. The highest BCUT2D eigenvalue weighted by molar-refractivity contribution is 5.61. The Kier molecular flexibility index (Phi) is 7.44.